The van der Waals surface area contributed by atoms with E-state index in [0.717, 1.165) is 35.0 Å². The number of nitrogens with one attached hydrogen (secondary N) is 1. The molecule has 22 heavy (non-hydrogen) atoms. The van der Waals surface area contributed by atoms with Crippen LogP contribution >= 0.6 is 11.3 Å². The quantitative estimate of drug-likeness (QED) is 0.923. The molecule has 4 heterocycles. The summed E-state index contributed by atoms with van der Waals surface area (Å²) < 4.78 is 0. The minimum absolute atomic E-state index is 0.118. The predicted octanol–water partition coefficient (Wildman–Crippen LogP) is 2.17. The van der Waals surface area contributed by atoms with Gasteiger partial charge in [0, 0.05) is 43.1 Å². The largest absolute Gasteiger partial charge is 0.336 e. The zero-order valence-electron chi connectivity index (χ0n) is 12.2. The van der Waals surface area contributed by atoms with Crippen molar-refractivity contribution >= 4 is 17.2 Å². The second kappa shape index (κ2) is 5.78. The van der Waals surface area contributed by atoms with Crippen molar-refractivity contribution in [1.29, 1.82) is 0 Å². The smallest absolute Gasteiger partial charge is 0.265 e. The van der Waals surface area contributed by atoms with Crippen LogP contribution in [0.3, 0.4) is 0 Å². The number of likely N-dealkylation sites (tertiary alicyclic amines) is 1. The molecule has 2 atom stereocenters. The number of fused-ring (bicyclic) bond motifs is 2. The van der Waals surface area contributed by atoms with Crippen molar-refractivity contribution < 1.29 is 4.79 Å². The van der Waals surface area contributed by atoms with E-state index >= 15 is 0 Å². The maximum Gasteiger partial charge on any atom is 0.265 e. The summed E-state index contributed by atoms with van der Waals surface area (Å²) in [5.74, 6) is 0.118. The maximum atomic E-state index is 12.7. The number of hydrogen-bond acceptors (Lipinski definition) is 5. The Bertz CT molecular complexity index is 672. The number of amides is 1. The molecule has 2 aromatic rings. The van der Waals surface area contributed by atoms with Crippen LogP contribution in [0.5, 0.6) is 0 Å². The fourth-order valence-electron chi connectivity index (χ4n) is 3.28. The Morgan fingerprint density at radius 3 is 2.91 bits per heavy atom. The van der Waals surface area contributed by atoms with Crippen molar-refractivity contribution in [2.45, 2.75) is 31.3 Å². The number of hydrogen-bond donors (Lipinski definition) is 1. The summed E-state index contributed by atoms with van der Waals surface area (Å²) in [4.78, 5) is 23.9. The molecule has 1 amide bonds. The molecule has 114 valence electrons. The number of carbonyl (C=O) groups excluding carboxylic acids is 1. The predicted molar refractivity (Wildman–Crippen MR) is 85.8 cm³/mol. The molecule has 5 nitrogen and oxygen atoms in total. The van der Waals surface area contributed by atoms with Gasteiger partial charge in [-0.05, 0) is 31.4 Å². The van der Waals surface area contributed by atoms with Gasteiger partial charge in [-0.2, -0.15) is 0 Å². The van der Waals surface area contributed by atoms with E-state index in [1.165, 1.54) is 24.2 Å². The highest BCUT2D eigenvalue weighted by atomic mass is 32.1. The third kappa shape index (κ3) is 2.64. The first-order valence-electron chi connectivity index (χ1n) is 7.71. The molecule has 2 aliphatic heterocycles. The van der Waals surface area contributed by atoms with E-state index in [2.05, 4.69) is 15.3 Å². The highest BCUT2D eigenvalue weighted by Gasteiger charge is 2.31. The highest BCUT2D eigenvalue weighted by Crippen LogP contribution is 2.27. The summed E-state index contributed by atoms with van der Waals surface area (Å²) in [6, 6.07) is 4.89. The molecule has 2 aromatic heterocycles. The van der Waals surface area contributed by atoms with Crippen molar-refractivity contribution in [2.75, 3.05) is 13.1 Å². The lowest BCUT2D eigenvalue weighted by Gasteiger charge is -2.23. The first-order chi connectivity index (χ1) is 10.8. The van der Waals surface area contributed by atoms with Gasteiger partial charge in [0.25, 0.3) is 5.91 Å². The molecule has 0 saturated carbocycles. The second-order valence-corrected chi connectivity index (χ2v) is 6.97. The first kappa shape index (κ1) is 13.8. The number of pyridine rings is 1. The van der Waals surface area contributed by atoms with E-state index in [9.17, 15) is 4.79 Å². The fraction of sp³-hybridized carbons (Fsp3) is 0.438. The van der Waals surface area contributed by atoms with Gasteiger partial charge in [0.05, 0.1) is 6.20 Å². The van der Waals surface area contributed by atoms with E-state index in [1.807, 2.05) is 17.0 Å². The average Bonchev–Trinajstić information content (AvgIpc) is 3.14. The van der Waals surface area contributed by atoms with Crippen LogP contribution < -0.4 is 5.32 Å². The monoisotopic (exact) mass is 314 g/mol. The Kier molecular flexibility index (Phi) is 3.63. The molecule has 2 unspecified atom stereocenters. The van der Waals surface area contributed by atoms with E-state index in [0.29, 0.717) is 12.1 Å². The third-order valence-electron chi connectivity index (χ3n) is 4.45. The van der Waals surface area contributed by atoms with Crippen LogP contribution in [0.1, 0.15) is 28.9 Å². The second-order valence-electron chi connectivity index (χ2n) is 5.94. The van der Waals surface area contributed by atoms with Gasteiger partial charge in [-0.3, -0.25) is 9.78 Å². The standard InChI is InChI=1S/C16H18N4OS/c21-16(20-8-5-12-1-2-13(10-20)19-12)14-9-18-15(22-14)11-3-6-17-7-4-11/h3-4,6-7,9,12-13,19H,1-2,5,8,10H2. The molecular formula is C16H18N4OS. The Balaban J connectivity index is 1.52. The summed E-state index contributed by atoms with van der Waals surface area (Å²) in [6.07, 6.45) is 8.68. The normalized spacial score (nSPS) is 24.3. The number of thiazole rings is 1. The van der Waals surface area contributed by atoms with Gasteiger partial charge in [0.15, 0.2) is 0 Å². The van der Waals surface area contributed by atoms with E-state index < -0.39 is 0 Å². The Labute approximate surface area is 133 Å². The SMILES string of the molecule is O=C(c1cnc(-c2ccncc2)s1)N1CCC2CCC(C1)N2. The van der Waals surface area contributed by atoms with Crippen LogP contribution in [-0.4, -0.2) is 45.9 Å². The Morgan fingerprint density at radius 2 is 2.05 bits per heavy atom. The third-order valence-corrected chi connectivity index (χ3v) is 5.49. The van der Waals surface area contributed by atoms with Gasteiger partial charge in [0.2, 0.25) is 0 Å². The lowest BCUT2D eigenvalue weighted by Crippen LogP contribution is -2.38. The van der Waals surface area contributed by atoms with Gasteiger partial charge >= 0.3 is 0 Å². The summed E-state index contributed by atoms with van der Waals surface area (Å²) in [6.45, 7) is 1.66. The van der Waals surface area contributed by atoms with E-state index in [-0.39, 0.29) is 5.91 Å². The van der Waals surface area contributed by atoms with Crippen LogP contribution in [0, 0.1) is 0 Å². The molecule has 0 aliphatic carbocycles. The molecule has 0 radical (unpaired) electrons. The number of nitrogens with zero attached hydrogens (tertiary/aromatic N) is 3. The zero-order valence-corrected chi connectivity index (χ0v) is 13.1. The van der Waals surface area contributed by atoms with Gasteiger partial charge in [-0.15, -0.1) is 11.3 Å². The van der Waals surface area contributed by atoms with Crippen LogP contribution in [0.15, 0.2) is 30.7 Å². The minimum Gasteiger partial charge on any atom is -0.336 e. The molecule has 2 aliphatic rings. The molecule has 2 saturated heterocycles. The fourth-order valence-corrected chi connectivity index (χ4v) is 4.17. The molecule has 2 bridgehead atoms. The lowest BCUT2D eigenvalue weighted by atomic mass is 10.1. The van der Waals surface area contributed by atoms with Crippen LogP contribution in [-0.2, 0) is 0 Å². The van der Waals surface area contributed by atoms with Gasteiger partial charge in [-0.1, -0.05) is 0 Å². The van der Waals surface area contributed by atoms with Crippen molar-refractivity contribution in [2.24, 2.45) is 0 Å². The van der Waals surface area contributed by atoms with E-state index in [4.69, 9.17) is 0 Å². The molecular weight excluding hydrogens is 296 g/mol. The van der Waals surface area contributed by atoms with Crippen LogP contribution in [0.2, 0.25) is 0 Å². The van der Waals surface area contributed by atoms with E-state index in [1.54, 1.807) is 18.6 Å². The maximum absolute atomic E-state index is 12.7. The molecule has 2 fully saturated rings. The van der Waals surface area contributed by atoms with Crippen molar-refractivity contribution in [3.63, 3.8) is 0 Å². The molecule has 0 aromatic carbocycles. The van der Waals surface area contributed by atoms with Crippen molar-refractivity contribution in [1.82, 2.24) is 20.2 Å². The first-order valence-corrected chi connectivity index (χ1v) is 8.53. The van der Waals surface area contributed by atoms with Gasteiger partial charge < -0.3 is 10.2 Å². The van der Waals surface area contributed by atoms with Crippen LogP contribution in [0.25, 0.3) is 10.6 Å². The summed E-state index contributed by atoms with van der Waals surface area (Å²) >= 11 is 1.46. The number of rotatable bonds is 2. The van der Waals surface area contributed by atoms with Crippen molar-refractivity contribution in [3.8, 4) is 10.6 Å². The molecule has 1 N–H and O–H groups in total. The molecule has 6 heteroatoms. The van der Waals surface area contributed by atoms with Crippen LogP contribution in [0.4, 0.5) is 0 Å². The average molecular weight is 314 g/mol. The Hall–Kier alpha value is -1.79. The lowest BCUT2D eigenvalue weighted by molar-refractivity contribution is 0.0753. The number of carbonyl (C=O) groups is 1. The molecule has 4 rings (SSSR count). The zero-order chi connectivity index (χ0) is 14.9. The van der Waals surface area contributed by atoms with Gasteiger partial charge in [0.1, 0.15) is 9.88 Å². The highest BCUT2D eigenvalue weighted by molar-refractivity contribution is 7.16. The summed E-state index contributed by atoms with van der Waals surface area (Å²) in [5.41, 5.74) is 1.01. The summed E-state index contributed by atoms with van der Waals surface area (Å²) in [5, 5.41) is 4.48. The topological polar surface area (TPSA) is 58.1 Å². The number of aromatic nitrogens is 2. The van der Waals surface area contributed by atoms with Gasteiger partial charge in [-0.25, -0.2) is 4.98 Å². The minimum atomic E-state index is 0.118. The molecule has 0 spiro atoms. The summed E-state index contributed by atoms with van der Waals surface area (Å²) in [7, 11) is 0. The Morgan fingerprint density at radius 1 is 1.23 bits per heavy atom. The van der Waals surface area contributed by atoms with Crippen molar-refractivity contribution in [3.05, 3.63) is 35.6 Å².